The van der Waals surface area contributed by atoms with E-state index in [1.807, 2.05) is 49.5 Å². The fraction of sp³-hybridized carbons (Fsp3) is 0.391. The van der Waals surface area contributed by atoms with Crippen molar-refractivity contribution < 1.29 is 18.8 Å². The lowest BCUT2D eigenvalue weighted by molar-refractivity contribution is -0.134. The summed E-state index contributed by atoms with van der Waals surface area (Å²) in [6.45, 7) is 10.4. The Kier molecular flexibility index (Phi) is 5.75. The first-order valence-electron chi connectivity index (χ1n) is 9.59. The fourth-order valence-electron chi connectivity index (χ4n) is 3.53. The van der Waals surface area contributed by atoms with E-state index < -0.39 is 15.0 Å². The molecule has 1 atom stereocenters. The van der Waals surface area contributed by atoms with Gasteiger partial charge in [-0.1, -0.05) is 51.1 Å². The summed E-state index contributed by atoms with van der Waals surface area (Å²) in [5, 5.41) is 2.09. The molecule has 0 amide bonds. The van der Waals surface area contributed by atoms with E-state index in [1.54, 1.807) is 6.07 Å². The molecule has 0 saturated carbocycles. The molecule has 5 heteroatoms. The van der Waals surface area contributed by atoms with Gasteiger partial charge in [0, 0.05) is 17.9 Å². The van der Waals surface area contributed by atoms with Gasteiger partial charge in [0.2, 0.25) is 0 Å². The number of allylic oxidation sites excluding steroid dienone is 1. The first-order valence-corrected chi connectivity index (χ1v) is 12.0. The number of fused-ring (bicyclic) bond motifs is 1. The Morgan fingerprint density at radius 2 is 1.79 bits per heavy atom. The number of carbonyl (C=O) groups excluding carboxylic acids is 2. The maximum absolute atomic E-state index is 12.7. The van der Waals surface area contributed by atoms with Crippen molar-refractivity contribution in [3.05, 3.63) is 53.8 Å². The maximum atomic E-state index is 12.7. The Bertz CT molecular complexity index is 937. The van der Waals surface area contributed by atoms with E-state index in [0.29, 0.717) is 23.5 Å². The van der Waals surface area contributed by atoms with Crippen LogP contribution in [-0.4, -0.2) is 20.8 Å². The summed E-state index contributed by atoms with van der Waals surface area (Å²) in [6, 6.07) is 13.4. The van der Waals surface area contributed by atoms with Crippen molar-refractivity contribution >= 4 is 31.6 Å². The summed E-state index contributed by atoms with van der Waals surface area (Å²) in [5.74, 6) is 0.749. The third-order valence-corrected chi connectivity index (χ3v) is 5.60. The number of Topliss-reactive ketones (excluding diaryl/α,β-unsaturated/α-hetero) is 1. The number of hydrogen-bond donors (Lipinski definition) is 0. The van der Waals surface area contributed by atoms with Gasteiger partial charge in [0.1, 0.15) is 5.75 Å². The fourth-order valence-corrected chi connectivity index (χ4v) is 4.23. The van der Waals surface area contributed by atoms with Crippen molar-refractivity contribution in [2.45, 2.75) is 46.7 Å². The minimum atomic E-state index is -1.05. The van der Waals surface area contributed by atoms with E-state index in [4.69, 9.17) is 9.16 Å². The standard InChI is InChI=1S/C23H27O4Si/c1-23(2,3)19-14-20(24)18(22(19)27-28(4)5)13-21(25)26-17-11-10-15-8-6-7-9-16(15)12-17/h6-12,19H,13-14H2,1-5H3/t19-/m0/s1. The van der Waals surface area contributed by atoms with Crippen LogP contribution in [0.2, 0.25) is 13.1 Å². The van der Waals surface area contributed by atoms with Gasteiger partial charge in [-0.2, -0.15) is 0 Å². The molecule has 2 aromatic rings. The van der Waals surface area contributed by atoms with Crippen molar-refractivity contribution in [2.24, 2.45) is 11.3 Å². The zero-order valence-corrected chi connectivity index (χ0v) is 18.2. The van der Waals surface area contributed by atoms with Gasteiger partial charge in [0.25, 0.3) is 9.04 Å². The van der Waals surface area contributed by atoms with Crippen molar-refractivity contribution in [3.8, 4) is 5.75 Å². The lowest BCUT2D eigenvalue weighted by Gasteiger charge is -2.30. The first-order chi connectivity index (χ1) is 13.1. The van der Waals surface area contributed by atoms with E-state index >= 15 is 0 Å². The van der Waals surface area contributed by atoms with Crippen LogP contribution >= 0.6 is 0 Å². The number of benzene rings is 2. The number of esters is 1. The van der Waals surface area contributed by atoms with E-state index in [2.05, 4.69) is 20.8 Å². The summed E-state index contributed by atoms with van der Waals surface area (Å²) in [6.07, 6.45) is 0.343. The molecule has 0 N–H and O–H groups in total. The molecular weight excluding hydrogens is 368 g/mol. The Morgan fingerprint density at radius 1 is 1.11 bits per heavy atom. The van der Waals surface area contributed by atoms with Gasteiger partial charge >= 0.3 is 5.97 Å². The summed E-state index contributed by atoms with van der Waals surface area (Å²) in [4.78, 5) is 25.2. The average molecular weight is 396 g/mol. The monoisotopic (exact) mass is 395 g/mol. The Balaban J connectivity index is 1.82. The number of ether oxygens (including phenoxy) is 1. The second kappa shape index (κ2) is 7.92. The minimum absolute atomic E-state index is 0.00312. The molecule has 4 nitrogen and oxygen atoms in total. The van der Waals surface area contributed by atoms with Crippen molar-refractivity contribution in [2.75, 3.05) is 0 Å². The van der Waals surface area contributed by atoms with Crippen molar-refractivity contribution in [3.63, 3.8) is 0 Å². The highest BCUT2D eigenvalue weighted by Gasteiger charge is 2.41. The van der Waals surface area contributed by atoms with Crippen LogP contribution in [0.1, 0.15) is 33.6 Å². The van der Waals surface area contributed by atoms with Gasteiger partial charge in [-0.15, -0.1) is 0 Å². The van der Waals surface area contributed by atoms with E-state index in [0.717, 1.165) is 10.8 Å². The third-order valence-electron chi connectivity index (χ3n) is 4.97. The van der Waals surface area contributed by atoms with Gasteiger partial charge in [-0.05, 0) is 41.4 Å². The second-order valence-electron chi connectivity index (χ2n) is 8.56. The van der Waals surface area contributed by atoms with Crippen molar-refractivity contribution in [1.82, 2.24) is 0 Å². The Labute approximate surface area is 168 Å². The summed E-state index contributed by atoms with van der Waals surface area (Å²) < 4.78 is 11.6. The molecule has 0 aromatic heterocycles. The molecule has 147 valence electrons. The van der Waals surface area contributed by atoms with Crippen LogP contribution in [0.4, 0.5) is 0 Å². The molecule has 1 aliphatic carbocycles. The molecule has 0 heterocycles. The molecule has 3 rings (SSSR count). The average Bonchev–Trinajstić information content (AvgIpc) is 2.90. The highest BCUT2D eigenvalue weighted by Crippen LogP contribution is 2.43. The van der Waals surface area contributed by atoms with Gasteiger partial charge < -0.3 is 9.16 Å². The molecule has 2 aromatic carbocycles. The van der Waals surface area contributed by atoms with Crippen LogP contribution in [-0.2, 0) is 14.0 Å². The lowest BCUT2D eigenvalue weighted by atomic mass is 9.79. The molecule has 1 aliphatic rings. The molecule has 0 fully saturated rings. The molecule has 28 heavy (non-hydrogen) atoms. The molecule has 0 bridgehead atoms. The number of carbonyl (C=O) groups is 2. The summed E-state index contributed by atoms with van der Waals surface area (Å²) >= 11 is 0. The highest BCUT2D eigenvalue weighted by molar-refractivity contribution is 6.48. The number of hydrogen-bond acceptors (Lipinski definition) is 4. The normalized spacial score (nSPS) is 17.5. The Hall–Kier alpha value is -2.40. The van der Waals surface area contributed by atoms with Gasteiger partial charge in [-0.3, -0.25) is 9.59 Å². The predicted molar refractivity (Wildman–Crippen MR) is 112 cm³/mol. The summed E-state index contributed by atoms with van der Waals surface area (Å²) in [7, 11) is -1.05. The highest BCUT2D eigenvalue weighted by atomic mass is 28.3. The van der Waals surface area contributed by atoms with E-state index in [9.17, 15) is 9.59 Å². The predicted octanol–water partition coefficient (Wildman–Crippen LogP) is 5.29. The van der Waals surface area contributed by atoms with Gasteiger partial charge in [0.05, 0.1) is 12.2 Å². The smallest absolute Gasteiger partial charge is 0.315 e. The van der Waals surface area contributed by atoms with E-state index in [-0.39, 0.29) is 23.5 Å². The number of rotatable bonds is 5. The van der Waals surface area contributed by atoms with E-state index in [1.165, 1.54) is 0 Å². The van der Waals surface area contributed by atoms with Crippen LogP contribution in [0.3, 0.4) is 0 Å². The maximum Gasteiger partial charge on any atom is 0.315 e. The van der Waals surface area contributed by atoms with Crippen LogP contribution in [0.25, 0.3) is 10.8 Å². The van der Waals surface area contributed by atoms with Crippen LogP contribution in [0.5, 0.6) is 5.75 Å². The quantitative estimate of drug-likeness (QED) is 0.392. The van der Waals surface area contributed by atoms with Crippen LogP contribution in [0, 0.1) is 11.3 Å². The van der Waals surface area contributed by atoms with Crippen LogP contribution in [0.15, 0.2) is 53.8 Å². The topological polar surface area (TPSA) is 52.6 Å². The second-order valence-corrected chi connectivity index (χ2v) is 10.6. The lowest BCUT2D eigenvalue weighted by Crippen LogP contribution is -2.24. The molecule has 0 unspecified atom stereocenters. The molecular formula is C23H27O4Si. The zero-order valence-electron chi connectivity index (χ0n) is 17.2. The van der Waals surface area contributed by atoms with Gasteiger partial charge in [-0.25, -0.2) is 0 Å². The third kappa shape index (κ3) is 4.53. The van der Waals surface area contributed by atoms with Crippen molar-refractivity contribution in [1.29, 1.82) is 0 Å². The summed E-state index contributed by atoms with van der Waals surface area (Å²) in [5.41, 5.74) is 0.378. The van der Waals surface area contributed by atoms with Crippen LogP contribution < -0.4 is 4.74 Å². The number of ketones is 1. The molecule has 0 aliphatic heterocycles. The van der Waals surface area contributed by atoms with Gasteiger partial charge in [0.15, 0.2) is 5.78 Å². The largest absolute Gasteiger partial charge is 0.545 e. The molecule has 0 saturated heterocycles. The zero-order chi connectivity index (χ0) is 20.5. The molecule has 0 spiro atoms. The minimum Gasteiger partial charge on any atom is -0.545 e. The first kappa shape index (κ1) is 20.3. The SMILES string of the molecule is C[Si](C)OC1=C(CC(=O)Oc2ccc3ccccc3c2)C(=O)C[C@@H]1C(C)(C)C. The molecule has 1 radical (unpaired) electrons. The Morgan fingerprint density at radius 3 is 2.43 bits per heavy atom.